The summed E-state index contributed by atoms with van der Waals surface area (Å²) in [7, 11) is 1.35. The molecule has 0 aliphatic carbocycles. The van der Waals surface area contributed by atoms with Crippen molar-refractivity contribution in [1.82, 2.24) is 4.98 Å². The zero-order chi connectivity index (χ0) is 12.8. The van der Waals surface area contributed by atoms with E-state index in [0.717, 1.165) is 0 Å². The number of thioether (sulfide) groups is 1. The quantitative estimate of drug-likeness (QED) is 0.621. The van der Waals surface area contributed by atoms with E-state index in [2.05, 4.69) is 9.72 Å². The van der Waals surface area contributed by atoms with Crippen LogP contribution in [0, 0.1) is 17.2 Å². The first kappa shape index (κ1) is 13.8. The van der Waals surface area contributed by atoms with Crippen LogP contribution in [0.3, 0.4) is 0 Å². The van der Waals surface area contributed by atoms with E-state index in [1.807, 2.05) is 6.07 Å². The summed E-state index contributed by atoms with van der Waals surface area (Å²) in [4.78, 5) is 15.3. The van der Waals surface area contributed by atoms with Gasteiger partial charge in [-0.15, -0.1) is 11.8 Å². The normalized spacial score (nSPS) is 11.6. The Kier molecular flexibility index (Phi) is 5.26. The lowest BCUT2D eigenvalue weighted by molar-refractivity contribution is -0.143. The number of methoxy groups -OCH3 is 1. The molecular formula is C11H11ClN2O2S. The van der Waals surface area contributed by atoms with Gasteiger partial charge in [-0.25, -0.2) is 4.98 Å². The van der Waals surface area contributed by atoms with Crippen LogP contribution in [-0.4, -0.2) is 23.8 Å². The number of aromatic nitrogens is 1. The van der Waals surface area contributed by atoms with E-state index in [9.17, 15) is 4.79 Å². The first-order valence-electron chi connectivity index (χ1n) is 4.85. The van der Waals surface area contributed by atoms with Gasteiger partial charge in [-0.1, -0.05) is 18.5 Å². The smallest absolute Gasteiger partial charge is 0.309 e. The lowest BCUT2D eigenvalue weighted by atomic mass is 10.2. The van der Waals surface area contributed by atoms with E-state index < -0.39 is 0 Å². The summed E-state index contributed by atoms with van der Waals surface area (Å²) in [6.45, 7) is 1.76. The second-order valence-electron chi connectivity index (χ2n) is 3.32. The highest BCUT2D eigenvalue weighted by molar-refractivity contribution is 7.99. The van der Waals surface area contributed by atoms with Crippen LogP contribution in [0.25, 0.3) is 0 Å². The molecule has 0 N–H and O–H groups in total. The third-order valence-corrected chi connectivity index (χ3v) is 3.80. The zero-order valence-electron chi connectivity index (χ0n) is 9.44. The molecular weight excluding hydrogens is 260 g/mol. The summed E-state index contributed by atoms with van der Waals surface area (Å²) in [6.07, 6.45) is 1.52. The maximum absolute atomic E-state index is 11.2. The Bertz CT molecular complexity index is 459. The molecule has 0 bridgehead atoms. The van der Waals surface area contributed by atoms with Gasteiger partial charge in [0.1, 0.15) is 11.1 Å². The average Bonchev–Trinajstić information content (AvgIpc) is 2.36. The Morgan fingerprint density at radius 3 is 3.06 bits per heavy atom. The van der Waals surface area contributed by atoms with E-state index in [-0.39, 0.29) is 11.9 Å². The number of carbonyl (C=O) groups is 1. The molecule has 1 atom stereocenters. The molecule has 1 heterocycles. The lowest BCUT2D eigenvalue weighted by Crippen LogP contribution is -2.14. The van der Waals surface area contributed by atoms with Crippen molar-refractivity contribution in [2.24, 2.45) is 5.92 Å². The van der Waals surface area contributed by atoms with Gasteiger partial charge in [0.2, 0.25) is 0 Å². The monoisotopic (exact) mass is 270 g/mol. The number of halogens is 1. The molecule has 0 radical (unpaired) electrons. The number of hydrogen-bond donors (Lipinski definition) is 0. The predicted molar refractivity (Wildman–Crippen MR) is 65.9 cm³/mol. The highest BCUT2D eigenvalue weighted by Crippen LogP contribution is 2.28. The molecule has 17 heavy (non-hydrogen) atoms. The van der Waals surface area contributed by atoms with Crippen LogP contribution in [0.5, 0.6) is 0 Å². The molecule has 90 valence electrons. The molecule has 1 unspecified atom stereocenters. The molecule has 0 aromatic carbocycles. The second kappa shape index (κ2) is 6.48. The maximum Gasteiger partial charge on any atom is 0.309 e. The minimum Gasteiger partial charge on any atom is -0.469 e. The highest BCUT2D eigenvalue weighted by Gasteiger charge is 2.15. The molecule has 0 aliphatic rings. The number of ether oxygens (including phenoxy) is 1. The third-order valence-electron chi connectivity index (χ3n) is 2.05. The van der Waals surface area contributed by atoms with Crippen molar-refractivity contribution in [3.8, 4) is 6.07 Å². The van der Waals surface area contributed by atoms with Crippen molar-refractivity contribution in [3.05, 3.63) is 22.8 Å². The molecule has 0 aliphatic heterocycles. The molecule has 1 aromatic rings. The Balaban J connectivity index is 2.71. The minimum absolute atomic E-state index is 0.242. The van der Waals surface area contributed by atoms with E-state index in [1.165, 1.54) is 25.1 Å². The van der Waals surface area contributed by atoms with Crippen molar-refractivity contribution in [2.45, 2.75) is 11.9 Å². The lowest BCUT2D eigenvalue weighted by Gasteiger charge is -2.09. The zero-order valence-corrected chi connectivity index (χ0v) is 11.0. The third kappa shape index (κ3) is 3.62. The van der Waals surface area contributed by atoms with Gasteiger partial charge in [-0.05, 0) is 6.07 Å². The first-order chi connectivity index (χ1) is 8.10. The predicted octanol–water partition coefficient (Wildman–Crippen LogP) is 2.51. The number of esters is 1. The molecule has 6 heteroatoms. The molecule has 0 spiro atoms. The van der Waals surface area contributed by atoms with Crippen LogP contribution in [0.2, 0.25) is 5.02 Å². The summed E-state index contributed by atoms with van der Waals surface area (Å²) in [5.41, 5.74) is 0.384. The molecule has 0 saturated carbocycles. The fraction of sp³-hybridized carbons (Fsp3) is 0.364. The fourth-order valence-corrected chi connectivity index (χ4v) is 2.32. The van der Waals surface area contributed by atoms with Crippen molar-refractivity contribution in [3.63, 3.8) is 0 Å². The number of nitriles is 1. The number of nitrogens with zero attached hydrogens (tertiary/aromatic N) is 2. The van der Waals surface area contributed by atoms with Gasteiger partial charge in [0.05, 0.1) is 23.6 Å². The Morgan fingerprint density at radius 1 is 1.76 bits per heavy atom. The molecule has 4 nitrogen and oxygen atoms in total. The number of rotatable bonds is 4. The molecule has 1 rings (SSSR count). The van der Waals surface area contributed by atoms with Gasteiger partial charge in [-0.2, -0.15) is 5.26 Å². The summed E-state index contributed by atoms with van der Waals surface area (Å²) >= 11 is 7.32. The average molecular weight is 271 g/mol. The summed E-state index contributed by atoms with van der Waals surface area (Å²) in [5, 5.41) is 9.69. The minimum atomic E-state index is -0.273. The first-order valence-corrected chi connectivity index (χ1v) is 6.21. The molecule has 0 amide bonds. The van der Waals surface area contributed by atoms with Gasteiger partial charge in [-0.3, -0.25) is 4.79 Å². The second-order valence-corrected chi connectivity index (χ2v) is 4.71. The van der Waals surface area contributed by atoms with Crippen LogP contribution in [0.4, 0.5) is 0 Å². The van der Waals surface area contributed by atoms with Gasteiger partial charge < -0.3 is 4.74 Å². The Hall–Kier alpha value is -1.25. The van der Waals surface area contributed by atoms with Crippen LogP contribution < -0.4 is 0 Å². The molecule has 1 aromatic heterocycles. The maximum atomic E-state index is 11.2. The van der Waals surface area contributed by atoms with Gasteiger partial charge >= 0.3 is 5.97 Å². The highest BCUT2D eigenvalue weighted by atomic mass is 35.5. The van der Waals surface area contributed by atoms with Crippen molar-refractivity contribution < 1.29 is 9.53 Å². The van der Waals surface area contributed by atoms with Crippen LogP contribution in [0.15, 0.2) is 17.3 Å². The number of hydrogen-bond acceptors (Lipinski definition) is 5. The number of pyridine rings is 1. The fourth-order valence-electron chi connectivity index (χ4n) is 1.08. The molecule has 0 fully saturated rings. The van der Waals surface area contributed by atoms with Crippen molar-refractivity contribution >= 4 is 29.3 Å². The summed E-state index contributed by atoms with van der Waals surface area (Å²) in [6, 6.07) is 3.53. The summed E-state index contributed by atoms with van der Waals surface area (Å²) in [5.74, 6) is -0.00691. The largest absolute Gasteiger partial charge is 0.469 e. The molecule has 0 saturated heterocycles. The SMILES string of the molecule is COC(=O)C(C)CSc1nccc(C#N)c1Cl. The number of carbonyl (C=O) groups excluding carboxylic acids is 1. The van der Waals surface area contributed by atoms with Crippen LogP contribution in [-0.2, 0) is 9.53 Å². The topological polar surface area (TPSA) is 63.0 Å². The van der Waals surface area contributed by atoms with Gasteiger partial charge in [0, 0.05) is 11.9 Å². The summed E-state index contributed by atoms with van der Waals surface area (Å²) < 4.78 is 4.62. The Labute approximate surface area is 109 Å². The van der Waals surface area contributed by atoms with Crippen molar-refractivity contribution in [2.75, 3.05) is 12.9 Å². The van der Waals surface area contributed by atoms with E-state index >= 15 is 0 Å². The van der Waals surface area contributed by atoms with E-state index in [4.69, 9.17) is 16.9 Å². The van der Waals surface area contributed by atoms with Crippen molar-refractivity contribution in [1.29, 1.82) is 5.26 Å². The van der Waals surface area contributed by atoms with Gasteiger partial charge in [0.25, 0.3) is 0 Å². The van der Waals surface area contributed by atoms with Crippen LogP contribution >= 0.6 is 23.4 Å². The Morgan fingerprint density at radius 2 is 2.47 bits per heavy atom. The van der Waals surface area contributed by atoms with Crippen LogP contribution in [0.1, 0.15) is 12.5 Å². The van der Waals surface area contributed by atoms with E-state index in [0.29, 0.717) is 21.4 Å². The standard InChI is InChI=1S/C11H11ClN2O2S/c1-7(11(15)16-2)6-17-10-9(12)8(5-13)3-4-14-10/h3-4,7H,6H2,1-2H3. The van der Waals surface area contributed by atoms with Gasteiger partial charge in [0.15, 0.2) is 0 Å². The van der Waals surface area contributed by atoms with E-state index in [1.54, 1.807) is 13.0 Å².